The minimum Gasteiger partial charge on any atom is -0.417 e. The van der Waals surface area contributed by atoms with Crippen LogP contribution in [0.15, 0.2) is 11.6 Å². The van der Waals surface area contributed by atoms with Gasteiger partial charge in [0.25, 0.3) is 0 Å². The lowest BCUT2D eigenvalue weighted by Gasteiger charge is -2.56. The lowest BCUT2D eigenvalue weighted by atomic mass is 9.49. The number of aliphatic hydroxyl groups excluding tert-OH is 1. The first-order chi connectivity index (χ1) is 17.4. The van der Waals surface area contributed by atoms with Gasteiger partial charge in [-0.15, -0.1) is 0 Å². The number of carbonyl (C=O) groups is 1. The summed E-state index contributed by atoms with van der Waals surface area (Å²) in [7, 11) is -1.59. The molecule has 212 valence electrons. The summed E-state index contributed by atoms with van der Waals surface area (Å²) in [5.41, 5.74) is 1.64. The SMILES string of the molecule is CC(C)(C)[Si](C)(C)OCCCCCCCCC[C@H]1CC2=CC(=O)CCC2[C@H]2CC[C@]3(C)[C@@H](O)CC[C@H]3[C@H]12. The lowest BCUT2D eigenvalue weighted by Crippen LogP contribution is -2.50. The molecule has 3 fully saturated rings. The molecule has 37 heavy (non-hydrogen) atoms. The zero-order chi connectivity index (χ0) is 26.8. The summed E-state index contributed by atoms with van der Waals surface area (Å²) in [6.07, 6.45) is 20.2. The van der Waals surface area contributed by atoms with Crippen LogP contribution in [-0.2, 0) is 9.22 Å². The second-order valence-corrected chi connectivity index (χ2v) is 20.0. The second-order valence-electron chi connectivity index (χ2n) is 15.2. The molecule has 4 rings (SSSR count). The summed E-state index contributed by atoms with van der Waals surface area (Å²) in [4.78, 5) is 12.3. The first kappa shape index (κ1) is 29.5. The Kier molecular flexibility index (Phi) is 9.55. The maximum Gasteiger partial charge on any atom is 0.191 e. The quantitative estimate of drug-likeness (QED) is 0.214. The van der Waals surface area contributed by atoms with Crippen LogP contribution in [0.4, 0.5) is 0 Å². The Morgan fingerprint density at radius 3 is 2.38 bits per heavy atom. The van der Waals surface area contributed by atoms with E-state index in [1.807, 2.05) is 0 Å². The summed E-state index contributed by atoms with van der Waals surface area (Å²) in [5.74, 6) is 3.97. The van der Waals surface area contributed by atoms with Gasteiger partial charge in [-0.2, -0.15) is 0 Å². The molecule has 0 saturated heterocycles. The standard InChI is InChI=1S/C33H58O3Si/c1-32(2,3)37(5,6)36-21-13-11-9-7-8-10-12-14-24-22-25-23-26(34)15-16-27(25)28-19-20-33(4)29(31(24)28)17-18-30(33)35/h23-24,27-31,35H,7-22H2,1-6H3/t24-,27?,28+,29-,30-,31+,33-/m0/s1. The molecule has 1 N–H and O–H groups in total. The van der Waals surface area contributed by atoms with Crippen molar-refractivity contribution < 1.29 is 14.3 Å². The van der Waals surface area contributed by atoms with E-state index in [1.54, 1.807) is 0 Å². The molecule has 0 amide bonds. The normalized spacial score (nSPS) is 36.1. The molecule has 0 radical (unpaired) electrons. The molecule has 0 aliphatic heterocycles. The molecular weight excluding hydrogens is 472 g/mol. The first-order valence-electron chi connectivity index (χ1n) is 16.0. The first-order valence-corrected chi connectivity index (χ1v) is 18.9. The van der Waals surface area contributed by atoms with Crippen LogP contribution in [0.3, 0.4) is 0 Å². The van der Waals surface area contributed by atoms with Crippen molar-refractivity contribution in [2.75, 3.05) is 6.61 Å². The highest BCUT2D eigenvalue weighted by molar-refractivity contribution is 6.74. The van der Waals surface area contributed by atoms with Gasteiger partial charge < -0.3 is 9.53 Å². The fourth-order valence-electron chi connectivity index (χ4n) is 8.58. The number of carbonyl (C=O) groups excluding carboxylic acids is 1. The van der Waals surface area contributed by atoms with Crippen LogP contribution in [0.25, 0.3) is 0 Å². The highest BCUT2D eigenvalue weighted by Gasteiger charge is 2.58. The monoisotopic (exact) mass is 530 g/mol. The van der Waals surface area contributed by atoms with Crippen molar-refractivity contribution >= 4 is 14.1 Å². The van der Waals surface area contributed by atoms with Crippen LogP contribution < -0.4 is 0 Å². The highest BCUT2D eigenvalue weighted by Crippen LogP contribution is 2.63. The maximum atomic E-state index is 12.3. The number of aliphatic hydroxyl groups is 1. The lowest BCUT2D eigenvalue weighted by molar-refractivity contribution is -0.116. The molecule has 4 aliphatic carbocycles. The van der Waals surface area contributed by atoms with Crippen LogP contribution >= 0.6 is 0 Å². The van der Waals surface area contributed by atoms with Gasteiger partial charge in [-0.1, -0.05) is 71.8 Å². The highest BCUT2D eigenvalue weighted by atomic mass is 28.4. The van der Waals surface area contributed by atoms with Crippen LogP contribution in [0.1, 0.15) is 124 Å². The zero-order valence-electron chi connectivity index (χ0n) is 25.1. The van der Waals surface area contributed by atoms with E-state index < -0.39 is 8.32 Å². The maximum absolute atomic E-state index is 12.3. The Morgan fingerprint density at radius 1 is 1.00 bits per heavy atom. The van der Waals surface area contributed by atoms with E-state index in [0.29, 0.717) is 22.7 Å². The topological polar surface area (TPSA) is 46.5 Å². The molecule has 0 spiro atoms. The van der Waals surface area contributed by atoms with E-state index in [0.717, 1.165) is 50.0 Å². The van der Waals surface area contributed by atoms with Crippen molar-refractivity contribution in [1.82, 2.24) is 0 Å². The van der Waals surface area contributed by atoms with Gasteiger partial charge in [0.15, 0.2) is 14.1 Å². The second kappa shape index (κ2) is 12.0. The average Bonchev–Trinajstić information content (AvgIpc) is 3.13. The Morgan fingerprint density at radius 2 is 1.68 bits per heavy atom. The number of hydrogen-bond donors (Lipinski definition) is 1. The van der Waals surface area contributed by atoms with Gasteiger partial charge in [-0.25, -0.2) is 0 Å². The molecular formula is C33H58O3Si. The molecule has 0 heterocycles. The van der Waals surface area contributed by atoms with E-state index in [4.69, 9.17) is 4.43 Å². The van der Waals surface area contributed by atoms with Crippen LogP contribution in [-0.4, -0.2) is 31.9 Å². The van der Waals surface area contributed by atoms with Gasteiger partial charge in [0.05, 0.1) is 6.10 Å². The van der Waals surface area contributed by atoms with E-state index in [-0.39, 0.29) is 11.5 Å². The Bertz CT molecular complexity index is 811. The average molecular weight is 531 g/mol. The van der Waals surface area contributed by atoms with Crippen molar-refractivity contribution in [2.24, 2.45) is 35.0 Å². The third-order valence-corrected chi connectivity index (χ3v) is 16.4. The smallest absolute Gasteiger partial charge is 0.191 e. The van der Waals surface area contributed by atoms with Gasteiger partial charge in [0.1, 0.15) is 0 Å². The molecule has 0 aromatic heterocycles. The fourth-order valence-corrected chi connectivity index (χ4v) is 9.67. The predicted octanol–water partition coefficient (Wildman–Crippen LogP) is 8.86. The number of allylic oxidation sites excluding steroid dienone is 1. The van der Waals surface area contributed by atoms with Crippen molar-refractivity contribution in [1.29, 1.82) is 0 Å². The van der Waals surface area contributed by atoms with E-state index in [9.17, 15) is 9.90 Å². The number of rotatable bonds is 11. The number of ketones is 1. The summed E-state index contributed by atoms with van der Waals surface area (Å²) >= 11 is 0. The summed E-state index contributed by atoms with van der Waals surface area (Å²) in [6, 6.07) is 0. The number of fused-ring (bicyclic) bond motifs is 5. The van der Waals surface area contributed by atoms with Gasteiger partial charge in [-0.3, -0.25) is 4.79 Å². The minimum atomic E-state index is -1.59. The van der Waals surface area contributed by atoms with Gasteiger partial charge in [-0.05, 0) is 111 Å². The van der Waals surface area contributed by atoms with E-state index in [1.165, 1.54) is 76.2 Å². The third-order valence-electron chi connectivity index (χ3n) is 11.9. The molecule has 0 aromatic rings. The Balaban J connectivity index is 1.22. The number of unbranched alkanes of at least 4 members (excludes halogenated alkanes) is 6. The van der Waals surface area contributed by atoms with E-state index >= 15 is 0 Å². The van der Waals surface area contributed by atoms with Crippen LogP contribution in [0.2, 0.25) is 18.1 Å². The summed E-state index contributed by atoms with van der Waals surface area (Å²) < 4.78 is 6.33. The molecule has 7 atom stereocenters. The third kappa shape index (κ3) is 6.48. The van der Waals surface area contributed by atoms with Gasteiger partial charge >= 0.3 is 0 Å². The summed E-state index contributed by atoms with van der Waals surface area (Å²) in [6.45, 7) is 15.0. The van der Waals surface area contributed by atoms with Gasteiger partial charge in [0.2, 0.25) is 0 Å². The van der Waals surface area contributed by atoms with E-state index in [2.05, 4.69) is 46.9 Å². The minimum absolute atomic E-state index is 0.101. The van der Waals surface area contributed by atoms with Crippen molar-refractivity contribution in [3.63, 3.8) is 0 Å². The molecule has 0 bridgehead atoms. The fraction of sp³-hybridized carbons (Fsp3) is 0.909. The van der Waals surface area contributed by atoms with Gasteiger partial charge in [0, 0.05) is 13.0 Å². The molecule has 0 aromatic carbocycles. The molecule has 4 heteroatoms. The van der Waals surface area contributed by atoms with Crippen LogP contribution in [0.5, 0.6) is 0 Å². The Hall–Kier alpha value is -0.453. The zero-order valence-corrected chi connectivity index (χ0v) is 26.1. The largest absolute Gasteiger partial charge is 0.417 e. The van der Waals surface area contributed by atoms with Crippen molar-refractivity contribution in [2.45, 2.75) is 148 Å². The molecule has 3 saturated carbocycles. The van der Waals surface area contributed by atoms with Crippen molar-refractivity contribution in [3.8, 4) is 0 Å². The van der Waals surface area contributed by atoms with Crippen LogP contribution in [0, 0.1) is 35.0 Å². The molecule has 4 aliphatic rings. The molecule has 3 nitrogen and oxygen atoms in total. The Labute approximate surface area is 229 Å². The van der Waals surface area contributed by atoms with Crippen molar-refractivity contribution in [3.05, 3.63) is 11.6 Å². The molecule has 1 unspecified atom stereocenters. The predicted molar refractivity (Wildman–Crippen MR) is 157 cm³/mol. The number of hydrogen-bond acceptors (Lipinski definition) is 3. The summed E-state index contributed by atoms with van der Waals surface area (Å²) in [5, 5.41) is 11.2.